The predicted molar refractivity (Wildman–Crippen MR) is 85.3 cm³/mol. The second-order valence-corrected chi connectivity index (χ2v) is 5.81. The average Bonchev–Trinajstić information content (AvgIpc) is 3.13. The minimum Gasteiger partial charge on any atom is -0.399 e. The van der Waals surface area contributed by atoms with Crippen molar-refractivity contribution in [3.05, 3.63) is 30.0 Å². The molecule has 1 aromatic heterocycles. The highest BCUT2D eigenvalue weighted by atomic mass is 16.1. The molecule has 5 heteroatoms. The fourth-order valence-electron chi connectivity index (χ4n) is 2.98. The smallest absolute Gasteiger partial charge is 0.253 e. The van der Waals surface area contributed by atoms with E-state index >= 15 is 0 Å². The monoisotopic (exact) mass is 286 g/mol. The first kappa shape index (κ1) is 13.9. The zero-order valence-corrected chi connectivity index (χ0v) is 12.4. The number of nitrogens with zero attached hydrogens (tertiary/aromatic N) is 1. The molecule has 2 heterocycles. The van der Waals surface area contributed by atoms with E-state index < -0.39 is 0 Å². The lowest BCUT2D eigenvalue weighted by Gasteiger charge is -2.23. The van der Waals surface area contributed by atoms with Crippen LogP contribution >= 0.6 is 0 Å². The number of fused-ring (bicyclic) bond motifs is 1. The molecule has 1 unspecified atom stereocenters. The number of hydrogen-bond donors (Lipinski definition) is 3. The molecule has 5 nitrogen and oxygen atoms in total. The first-order valence-electron chi connectivity index (χ1n) is 7.54. The highest BCUT2D eigenvalue weighted by molar-refractivity contribution is 6.07. The zero-order chi connectivity index (χ0) is 14.8. The Morgan fingerprint density at radius 2 is 2.19 bits per heavy atom. The number of rotatable bonds is 4. The standard InChI is InChI=1S/C16H22N4O/c1-11(20-6-2-3-7-20)9-19-16(21)14-10-18-15-8-12(17)4-5-13(14)15/h4-5,8,10-11,18H,2-3,6-7,9,17H2,1H3,(H,19,21). The number of nitrogen functional groups attached to an aromatic ring is 1. The summed E-state index contributed by atoms with van der Waals surface area (Å²) in [7, 11) is 0. The van der Waals surface area contributed by atoms with Gasteiger partial charge in [0.25, 0.3) is 5.91 Å². The molecule has 3 rings (SSSR count). The van der Waals surface area contributed by atoms with E-state index in [9.17, 15) is 4.79 Å². The van der Waals surface area contributed by atoms with Crippen LogP contribution in [0, 0.1) is 0 Å². The number of carbonyl (C=O) groups excluding carboxylic acids is 1. The van der Waals surface area contributed by atoms with Crippen molar-refractivity contribution in [2.24, 2.45) is 0 Å². The number of amides is 1. The third kappa shape index (κ3) is 2.88. The van der Waals surface area contributed by atoms with Crippen LogP contribution in [-0.4, -0.2) is 41.5 Å². The molecule has 21 heavy (non-hydrogen) atoms. The number of aromatic amines is 1. The molecule has 1 saturated heterocycles. The van der Waals surface area contributed by atoms with E-state index in [-0.39, 0.29) is 5.91 Å². The molecule has 0 saturated carbocycles. The lowest BCUT2D eigenvalue weighted by Crippen LogP contribution is -2.40. The summed E-state index contributed by atoms with van der Waals surface area (Å²) in [6.45, 7) is 5.13. The predicted octanol–water partition coefficient (Wildman–Crippen LogP) is 1.96. The summed E-state index contributed by atoms with van der Waals surface area (Å²) in [4.78, 5) is 17.9. The normalized spacial score (nSPS) is 17.2. The molecular weight excluding hydrogens is 264 g/mol. The van der Waals surface area contributed by atoms with Crippen LogP contribution in [-0.2, 0) is 0 Å². The number of carbonyl (C=O) groups is 1. The molecule has 0 aliphatic carbocycles. The molecular formula is C16H22N4O. The molecule has 1 aliphatic heterocycles. The SMILES string of the molecule is CC(CNC(=O)c1c[nH]c2cc(N)ccc12)N1CCCC1. The minimum absolute atomic E-state index is 0.0305. The Morgan fingerprint density at radius 1 is 1.43 bits per heavy atom. The molecule has 1 atom stereocenters. The van der Waals surface area contributed by atoms with Gasteiger partial charge in [-0.15, -0.1) is 0 Å². The highest BCUT2D eigenvalue weighted by Crippen LogP contribution is 2.20. The summed E-state index contributed by atoms with van der Waals surface area (Å²) in [5.74, 6) is -0.0305. The van der Waals surface area contributed by atoms with Crippen LogP contribution in [0.1, 0.15) is 30.1 Å². The fourth-order valence-corrected chi connectivity index (χ4v) is 2.98. The number of benzene rings is 1. The molecule has 0 spiro atoms. The van der Waals surface area contributed by atoms with Crippen LogP contribution in [0.15, 0.2) is 24.4 Å². The van der Waals surface area contributed by atoms with Gasteiger partial charge in [0.15, 0.2) is 0 Å². The Labute approximate surface area is 124 Å². The van der Waals surface area contributed by atoms with Gasteiger partial charge >= 0.3 is 0 Å². The van der Waals surface area contributed by atoms with Crippen molar-refractivity contribution in [3.63, 3.8) is 0 Å². The molecule has 0 bridgehead atoms. The highest BCUT2D eigenvalue weighted by Gasteiger charge is 2.19. The summed E-state index contributed by atoms with van der Waals surface area (Å²) in [5.41, 5.74) is 8.02. The van der Waals surface area contributed by atoms with Crippen molar-refractivity contribution in [3.8, 4) is 0 Å². The van der Waals surface area contributed by atoms with E-state index in [2.05, 4.69) is 22.1 Å². The van der Waals surface area contributed by atoms with E-state index in [1.165, 1.54) is 12.8 Å². The maximum absolute atomic E-state index is 12.3. The average molecular weight is 286 g/mol. The van der Waals surface area contributed by atoms with Gasteiger partial charge in [0.05, 0.1) is 5.56 Å². The number of nitrogens with two attached hydrogens (primary N) is 1. The number of hydrogen-bond acceptors (Lipinski definition) is 3. The Morgan fingerprint density at radius 3 is 2.95 bits per heavy atom. The van der Waals surface area contributed by atoms with E-state index in [4.69, 9.17) is 5.73 Å². The van der Waals surface area contributed by atoms with Gasteiger partial charge in [-0.3, -0.25) is 9.69 Å². The van der Waals surface area contributed by atoms with Gasteiger partial charge in [0.2, 0.25) is 0 Å². The van der Waals surface area contributed by atoms with Crippen molar-refractivity contribution in [2.45, 2.75) is 25.8 Å². The third-order valence-corrected chi connectivity index (χ3v) is 4.27. The molecule has 0 radical (unpaired) electrons. The number of H-pyrrole nitrogens is 1. The van der Waals surface area contributed by atoms with E-state index in [0.29, 0.717) is 23.8 Å². The molecule has 4 N–H and O–H groups in total. The van der Waals surface area contributed by atoms with Gasteiger partial charge in [0.1, 0.15) is 0 Å². The largest absolute Gasteiger partial charge is 0.399 e. The number of nitrogens with one attached hydrogen (secondary N) is 2. The van der Waals surface area contributed by atoms with Gasteiger partial charge in [-0.05, 0) is 51.1 Å². The number of anilines is 1. The summed E-state index contributed by atoms with van der Waals surface area (Å²) < 4.78 is 0. The van der Waals surface area contributed by atoms with Crippen LogP contribution in [0.4, 0.5) is 5.69 Å². The fraction of sp³-hybridized carbons (Fsp3) is 0.438. The van der Waals surface area contributed by atoms with Gasteiger partial charge in [-0.2, -0.15) is 0 Å². The number of likely N-dealkylation sites (tertiary alicyclic amines) is 1. The van der Waals surface area contributed by atoms with Gasteiger partial charge in [-0.1, -0.05) is 0 Å². The second-order valence-electron chi connectivity index (χ2n) is 5.81. The summed E-state index contributed by atoms with van der Waals surface area (Å²) >= 11 is 0. The molecule has 1 fully saturated rings. The quantitative estimate of drug-likeness (QED) is 0.752. The topological polar surface area (TPSA) is 74.1 Å². The summed E-state index contributed by atoms with van der Waals surface area (Å²) in [6.07, 6.45) is 4.28. The van der Waals surface area contributed by atoms with Crippen molar-refractivity contribution < 1.29 is 4.79 Å². The third-order valence-electron chi connectivity index (χ3n) is 4.27. The minimum atomic E-state index is -0.0305. The van der Waals surface area contributed by atoms with Gasteiger partial charge in [0, 0.05) is 35.4 Å². The van der Waals surface area contributed by atoms with Crippen molar-refractivity contribution in [2.75, 3.05) is 25.4 Å². The Hall–Kier alpha value is -2.01. The molecule has 1 aromatic carbocycles. The first-order valence-corrected chi connectivity index (χ1v) is 7.54. The lowest BCUT2D eigenvalue weighted by atomic mass is 10.1. The number of aromatic nitrogens is 1. The van der Waals surface area contributed by atoms with Crippen LogP contribution in [0.25, 0.3) is 10.9 Å². The van der Waals surface area contributed by atoms with Crippen molar-refractivity contribution in [1.29, 1.82) is 0 Å². The summed E-state index contributed by atoms with van der Waals surface area (Å²) in [5, 5.41) is 3.95. The summed E-state index contributed by atoms with van der Waals surface area (Å²) in [6, 6.07) is 5.94. The van der Waals surface area contributed by atoms with Crippen LogP contribution < -0.4 is 11.1 Å². The lowest BCUT2D eigenvalue weighted by molar-refractivity contribution is 0.0942. The Balaban J connectivity index is 1.66. The Kier molecular flexibility index (Phi) is 3.84. The maximum Gasteiger partial charge on any atom is 0.253 e. The zero-order valence-electron chi connectivity index (χ0n) is 12.4. The van der Waals surface area contributed by atoms with Crippen LogP contribution in [0.3, 0.4) is 0 Å². The molecule has 2 aromatic rings. The molecule has 1 amide bonds. The van der Waals surface area contributed by atoms with Gasteiger partial charge < -0.3 is 16.0 Å². The van der Waals surface area contributed by atoms with Crippen molar-refractivity contribution >= 4 is 22.5 Å². The second kappa shape index (κ2) is 5.77. The first-order chi connectivity index (χ1) is 10.1. The molecule has 112 valence electrons. The van der Waals surface area contributed by atoms with E-state index in [1.54, 1.807) is 6.20 Å². The van der Waals surface area contributed by atoms with Crippen LogP contribution in [0.2, 0.25) is 0 Å². The van der Waals surface area contributed by atoms with Crippen LogP contribution in [0.5, 0.6) is 0 Å². The van der Waals surface area contributed by atoms with E-state index in [0.717, 1.165) is 24.0 Å². The maximum atomic E-state index is 12.3. The Bertz CT molecular complexity index is 643. The van der Waals surface area contributed by atoms with E-state index in [1.807, 2.05) is 18.2 Å². The molecule has 1 aliphatic rings. The van der Waals surface area contributed by atoms with Gasteiger partial charge in [-0.25, -0.2) is 0 Å². The van der Waals surface area contributed by atoms with Crippen molar-refractivity contribution in [1.82, 2.24) is 15.2 Å².